The number of benzene rings is 2. The lowest BCUT2D eigenvalue weighted by molar-refractivity contribution is 0.103. The molecule has 0 aliphatic heterocycles. The van der Waals surface area contributed by atoms with Crippen LogP contribution in [0.25, 0.3) is 21.6 Å². The van der Waals surface area contributed by atoms with Crippen LogP contribution in [-0.4, -0.2) is 15.9 Å². The first kappa shape index (κ1) is 18.4. The molecule has 2 aromatic carbocycles. The number of aromatic amines is 1. The molecule has 28 heavy (non-hydrogen) atoms. The van der Waals surface area contributed by atoms with Crippen molar-refractivity contribution in [3.63, 3.8) is 0 Å². The number of nitrogens with zero attached hydrogens (tertiary/aromatic N) is 1. The second-order valence-electron chi connectivity index (χ2n) is 6.43. The van der Waals surface area contributed by atoms with E-state index in [1.54, 1.807) is 31.2 Å². The summed E-state index contributed by atoms with van der Waals surface area (Å²) in [5.41, 5.74) is 2.82. The van der Waals surface area contributed by atoms with Gasteiger partial charge in [-0.2, -0.15) is 0 Å². The monoisotopic (exact) mass is 409 g/mol. The molecule has 4 aromatic rings. The van der Waals surface area contributed by atoms with Crippen molar-refractivity contribution in [3.05, 3.63) is 79.9 Å². The second-order valence-corrected chi connectivity index (χ2v) is 7.86. The number of halogens is 1. The van der Waals surface area contributed by atoms with Crippen LogP contribution in [0.2, 0.25) is 5.02 Å². The molecule has 4 rings (SSSR count). The molecule has 0 saturated heterocycles. The lowest BCUT2D eigenvalue weighted by Crippen LogP contribution is -2.13. The van der Waals surface area contributed by atoms with Crippen molar-refractivity contribution in [1.82, 2.24) is 9.97 Å². The zero-order valence-electron chi connectivity index (χ0n) is 15.2. The highest BCUT2D eigenvalue weighted by Gasteiger charge is 2.20. The van der Waals surface area contributed by atoms with Gasteiger partial charge in [0, 0.05) is 16.3 Å². The Hall–Kier alpha value is -2.96. The van der Waals surface area contributed by atoms with Crippen LogP contribution in [0, 0.1) is 13.8 Å². The van der Waals surface area contributed by atoms with Crippen LogP contribution in [0.5, 0.6) is 0 Å². The summed E-state index contributed by atoms with van der Waals surface area (Å²) in [6.45, 7) is 3.70. The smallest absolute Gasteiger partial charge is 0.266 e. The summed E-state index contributed by atoms with van der Waals surface area (Å²) in [6.07, 6.45) is 0. The summed E-state index contributed by atoms with van der Waals surface area (Å²) in [5.74, 6) is 0.198. The van der Waals surface area contributed by atoms with E-state index in [1.165, 1.54) is 11.3 Å². The number of carbonyl (C=O) groups excluding carboxylic acids is 1. The van der Waals surface area contributed by atoms with E-state index in [4.69, 9.17) is 11.6 Å². The first-order valence-corrected chi connectivity index (χ1v) is 9.80. The molecule has 1 amide bonds. The fourth-order valence-electron chi connectivity index (χ4n) is 3.00. The molecule has 0 aliphatic carbocycles. The standard InChI is InChI=1S/C21H16ClN3O2S/c1-11-5-3-4-6-15(11)23-20(27)17-12(2)16-19(26)24-18(25-21(16)28-17)13-7-9-14(22)10-8-13/h3-10H,1-2H3,(H,23,27)(H,24,25,26). The van der Waals surface area contributed by atoms with E-state index in [0.717, 1.165) is 16.8 Å². The molecule has 0 bridgehead atoms. The van der Waals surface area contributed by atoms with Gasteiger partial charge < -0.3 is 10.3 Å². The molecule has 0 atom stereocenters. The molecule has 2 aromatic heterocycles. The zero-order valence-corrected chi connectivity index (χ0v) is 16.7. The third kappa shape index (κ3) is 3.32. The summed E-state index contributed by atoms with van der Waals surface area (Å²) in [6, 6.07) is 14.6. The van der Waals surface area contributed by atoms with Crippen molar-refractivity contribution in [2.45, 2.75) is 13.8 Å². The topological polar surface area (TPSA) is 74.8 Å². The number of aromatic nitrogens is 2. The summed E-state index contributed by atoms with van der Waals surface area (Å²) >= 11 is 7.14. The number of carbonyl (C=O) groups is 1. The van der Waals surface area contributed by atoms with Gasteiger partial charge in [0.05, 0.1) is 10.3 Å². The van der Waals surface area contributed by atoms with E-state index in [-0.39, 0.29) is 11.5 Å². The number of fused-ring (bicyclic) bond motifs is 1. The van der Waals surface area contributed by atoms with Gasteiger partial charge in [-0.25, -0.2) is 4.98 Å². The van der Waals surface area contributed by atoms with Gasteiger partial charge in [-0.1, -0.05) is 29.8 Å². The number of amides is 1. The minimum Gasteiger partial charge on any atom is -0.321 e. The molecular formula is C21H16ClN3O2S. The number of aryl methyl sites for hydroxylation is 2. The van der Waals surface area contributed by atoms with Crippen LogP contribution in [0.15, 0.2) is 53.3 Å². The second kappa shape index (κ2) is 7.22. The number of nitrogens with one attached hydrogen (secondary N) is 2. The van der Waals surface area contributed by atoms with Crippen LogP contribution in [0.1, 0.15) is 20.8 Å². The highest BCUT2D eigenvalue weighted by molar-refractivity contribution is 7.20. The normalized spacial score (nSPS) is 11.0. The Labute approximate surface area is 170 Å². The lowest BCUT2D eigenvalue weighted by atomic mass is 10.1. The van der Waals surface area contributed by atoms with Gasteiger partial charge in [-0.15, -0.1) is 11.3 Å². The molecule has 5 nitrogen and oxygen atoms in total. The van der Waals surface area contributed by atoms with Crippen LogP contribution in [-0.2, 0) is 0 Å². The Morgan fingerprint density at radius 1 is 1.11 bits per heavy atom. The van der Waals surface area contributed by atoms with Gasteiger partial charge in [-0.3, -0.25) is 9.59 Å². The van der Waals surface area contributed by atoms with E-state index in [1.807, 2.05) is 31.2 Å². The number of rotatable bonds is 3. The number of H-pyrrole nitrogens is 1. The molecule has 0 spiro atoms. The maximum absolute atomic E-state index is 12.8. The fraction of sp³-hybridized carbons (Fsp3) is 0.0952. The lowest BCUT2D eigenvalue weighted by Gasteiger charge is -2.07. The Morgan fingerprint density at radius 2 is 1.82 bits per heavy atom. The van der Waals surface area contributed by atoms with Crippen molar-refractivity contribution >= 4 is 44.7 Å². The van der Waals surface area contributed by atoms with Gasteiger partial charge in [0.15, 0.2) is 0 Å². The third-order valence-electron chi connectivity index (χ3n) is 4.52. The molecule has 0 radical (unpaired) electrons. The van der Waals surface area contributed by atoms with Crippen molar-refractivity contribution in [2.24, 2.45) is 0 Å². The first-order chi connectivity index (χ1) is 13.4. The summed E-state index contributed by atoms with van der Waals surface area (Å²) in [4.78, 5) is 33.8. The minimum atomic E-state index is -0.265. The summed E-state index contributed by atoms with van der Waals surface area (Å²) in [5, 5.41) is 3.97. The van der Waals surface area contributed by atoms with Gasteiger partial charge >= 0.3 is 0 Å². The Bertz CT molecular complexity index is 1260. The molecule has 2 heterocycles. The Morgan fingerprint density at radius 3 is 2.54 bits per heavy atom. The molecule has 0 unspecified atom stereocenters. The van der Waals surface area contributed by atoms with E-state index in [2.05, 4.69) is 15.3 Å². The molecule has 140 valence electrons. The summed E-state index contributed by atoms with van der Waals surface area (Å²) < 4.78 is 0. The maximum atomic E-state index is 12.8. The molecule has 7 heteroatoms. The van der Waals surface area contributed by atoms with Crippen molar-refractivity contribution < 1.29 is 4.79 Å². The highest BCUT2D eigenvalue weighted by Crippen LogP contribution is 2.29. The molecule has 0 fully saturated rings. The number of para-hydroxylation sites is 1. The van der Waals surface area contributed by atoms with Gasteiger partial charge in [-0.05, 0) is 55.3 Å². The Kier molecular flexibility index (Phi) is 4.75. The maximum Gasteiger partial charge on any atom is 0.266 e. The number of hydrogen-bond acceptors (Lipinski definition) is 4. The molecule has 2 N–H and O–H groups in total. The molecule has 0 aliphatic rings. The average Bonchev–Trinajstić information content (AvgIpc) is 3.01. The van der Waals surface area contributed by atoms with Crippen molar-refractivity contribution in [2.75, 3.05) is 5.32 Å². The quantitative estimate of drug-likeness (QED) is 0.490. The molecule has 0 saturated carbocycles. The van der Waals surface area contributed by atoms with Gasteiger partial charge in [0.1, 0.15) is 10.7 Å². The van der Waals surface area contributed by atoms with Crippen LogP contribution >= 0.6 is 22.9 Å². The van der Waals surface area contributed by atoms with Gasteiger partial charge in [0.25, 0.3) is 11.5 Å². The largest absolute Gasteiger partial charge is 0.321 e. The van der Waals surface area contributed by atoms with Crippen molar-refractivity contribution in [3.8, 4) is 11.4 Å². The number of thiophene rings is 1. The zero-order chi connectivity index (χ0) is 19.8. The minimum absolute atomic E-state index is 0.248. The van der Waals surface area contributed by atoms with Crippen LogP contribution < -0.4 is 10.9 Å². The third-order valence-corrected chi connectivity index (χ3v) is 5.95. The van der Waals surface area contributed by atoms with E-state index < -0.39 is 0 Å². The highest BCUT2D eigenvalue weighted by atomic mass is 35.5. The number of hydrogen-bond donors (Lipinski definition) is 2. The van der Waals surface area contributed by atoms with E-state index >= 15 is 0 Å². The SMILES string of the molecule is Cc1ccccc1NC(=O)c1sc2nc(-c3ccc(Cl)cc3)[nH]c(=O)c2c1C. The van der Waals surface area contributed by atoms with Crippen LogP contribution in [0.4, 0.5) is 5.69 Å². The first-order valence-electron chi connectivity index (χ1n) is 8.60. The predicted octanol–water partition coefficient (Wildman–Crippen LogP) is 5.17. The van der Waals surface area contributed by atoms with E-state index in [0.29, 0.717) is 31.5 Å². The fourth-order valence-corrected chi connectivity index (χ4v) is 4.20. The number of anilines is 1. The predicted molar refractivity (Wildman–Crippen MR) is 115 cm³/mol. The van der Waals surface area contributed by atoms with Crippen LogP contribution in [0.3, 0.4) is 0 Å². The Balaban J connectivity index is 1.77. The van der Waals surface area contributed by atoms with Crippen molar-refractivity contribution in [1.29, 1.82) is 0 Å². The van der Waals surface area contributed by atoms with E-state index in [9.17, 15) is 9.59 Å². The molecular weight excluding hydrogens is 394 g/mol. The average molecular weight is 410 g/mol. The summed E-state index contributed by atoms with van der Waals surface area (Å²) in [7, 11) is 0. The van der Waals surface area contributed by atoms with Gasteiger partial charge in [0.2, 0.25) is 0 Å².